The second kappa shape index (κ2) is 7.11. The predicted molar refractivity (Wildman–Crippen MR) is 104 cm³/mol. The Bertz CT molecular complexity index is 950. The first-order valence-corrected chi connectivity index (χ1v) is 8.98. The molecule has 0 aliphatic carbocycles. The largest absolute Gasteiger partial charge is 0.354 e. The van der Waals surface area contributed by atoms with E-state index in [2.05, 4.69) is 44.7 Å². The molecule has 1 aromatic heterocycles. The number of nitrogens with one attached hydrogen (secondary N) is 1. The van der Waals surface area contributed by atoms with E-state index >= 15 is 0 Å². The Hall–Kier alpha value is -2.97. The zero-order chi connectivity index (χ0) is 17.9. The lowest BCUT2D eigenvalue weighted by atomic mass is 10.0. The van der Waals surface area contributed by atoms with Gasteiger partial charge in [-0.25, -0.2) is 0 Å². The fourth-order valence-corrected chi connectivity index (χ4v) is 3.62. The highest BCUT2D eigenvalue weighted by molar-refractivity contribution is 6.00. The third-order valence-electron chi connectivity index (χ3n) is 5.16. The Morgan fingerprint density at radius 3 is 2.35 bits per heavy atom. The number of fused-ring (bicyclic) bond motifs is 1. The molecule has 2 aromatic carbocycles. The van der Waals surface area contributed by atoms with E-state index in [0.717, 1.165) is 53.8 Å². The van der Waals surface area contributed by atoms with Gasteiger partial charge in [0.2, 0.25) is 0 Å². The van der Waals surface area contributed by atoms with Crippen molar-refractivity contribution in [3.05, 3.63) is 54.1 Å². The molecular formula is C21H21N5. The summed E-state index contributed by atoms with van der Waals surface area (Å²) < 4.78 is 0. The minimum atomic E-state index is 0.586. The van der Waals surface area contributed by atoms with E-state index in [1.165, 1.54) is 0 Å². The number of hydrogen-bond donors (Lipinski definition) is 1. The average Bonchev–Trinajstić information content (AvgIpc) is 2.73. The van der Waals surface area contributed by atoms with Gasteiger partial charge in [-0.05, 0) is 32.0 Å². The Morgan fingerprint density at radius 1 is 1.00 bits per heavy atom. The molecule has 4 rings (SSSR count). The molecule has 1 aliphatic heterocycles. The number of nitriles is 1. The van der Waals surface area contributed by atoms with Crippen LogP contribution in [0.3, 0.4) is 0 Å². The molecule has 0 unspecified atom stereocenters. The maximum atomic E-state index is 9.00. The monoisotopic (exact) mass is 343 g/mol. The normalized spacial score (nSPS) is 15.2. The van der Waals surface area contributed by atoms with Crippen LogP contribution in [0.2, 0.25) is 0 Å². The number of aromatic nitrogens is 2. The fourth-order valence-electron chi connectivity index (χ4n) is 3.62. The number of piperidine rings is 1. The predicted octanol–water partition coefficient (Wildman–Crippen LogP) is 3.36. The van der Waals surface area contributed by atoms with Crippen molar-refractivity contribution in [1.29, 1.82) is 5.26 Å². The van der Waals surface area contributed by atoms with Crippen molar-refractivity contribution in [2.45, 2.75) is 18.9 Å². The zero-order valence-corrected chi connectivity index (χ0v) is 14.8. The van der Waals surface area contributed by atoms with Crippen molar-refractivity contribution in [2.24, 2.45) is 0 Å². The maximum absolute atomic E-state index is 9.00. The summed E-state index contributed by atoms with van der Waals surface area (Å²) in [5.41, 5.74) is 2.49. The summed E-state index contributed by atoms with van der Waals surface area (Å²) >= 11 is 0. The Balaban J connectivity index is 1.75. The lowest BCUT2D eigenvalue weighted by Crippen LogP contribution is -2.41. The number of nitrogens with zero attached hydrogens (tertiary/aromatic N) is 4. The minimum absolute atomic E-state index is 0.586. The second-order valence-corrected chi connectivity index (χ2v) is 6.66. The summed E-state index contributed by atoms with van der Waals surface area (Å²) in [5, 5.41) is 23.7. The third-order valence-corrected chi connectivity index (χ3v) is 5.16. The third kappa shape index (κ3) is 3.00. The van der Waals surface area contributed by atoms with E-state index in [1.54, 1.807) is 0 Å². The van der Waals surface area contributed by atoms with Gasteiger partial charge in [0.15, 0.2) is 5.82 Å². The Kier molecular flexibility index (Phi) is 4.51. The van der Waals surface area contributed by atoms with Crippen LogP contribution in [0.15, 0.2) is 48.5 Å². The molecule has 1 saturated heterocycles. The van der Waals surface area contributed by atoms with Crippen LogP contribution in [0.4, 0.5) is 5.82 Å². The molecule has 5 nitrogen and oxygen atoms in total. The molecule has 5 heteroatoms. The summed E-state index contributed by atoms with van der Waals surface area (Å²) in [5.74, 6) is 0.965. The molecule has 130 valence electrons. The van der Waals surface area contributed by atoms with Gasteiger partial charge in [0.1, 0.15) is 5.69 Å². The molecule has 0 radical (unpaired) electrons. The first-order chi connectivity index (χ1) is 12.8. The van der Waals surface area contributed by atoms with Crippen LogP contribution in [0.25, 0.3) is 22.0 Å². The standard InChI is InChI=1S/C21H21N5/c1-23-17-10-12-26(13-11-17)21-19-5-3-2-4-18(19)20(24-25-21)16-8-6-15(14-22)7-9-16/h2-9,17,23H,10-13H2,1H3. The molecule has 0 bridgehead atoms. The van der Waals surface area contributed by atoms with E-state index in [1.807, 2.05) is 37.4 Å². The highest BCUT2D eigenvalue weighted by Gasteiger charge is 2.21. The van der Waals surface area contributed by atoms with Crippen molar-refractivity contribution in [1.82, 2.24) is 15.5 Å². The highest BCUT2D eigenvalue weighted by atomic mass is 15.3. The topological polar surface area (TPSA) is 64.8 Å². The maximum Gasteiger partial charge on any atom is 0.159 e. The first-order valence-electron chi connectivity index (χ1n) is 8.98. The van der Waals surface area contributed by atoms with Gasteiger partial charge in [0.25, 0.3) is 0 Å². The summed E-state index contributed by atoms with van der Waals surface area (Å²) in [6, 6.07) is 18.6. The average molecular weight is 343 g/mol. The van der Waals surface area contributed by atoms with Crippen molar-refractivity contribution >= 4 is 16.6 Å². The van der Waals surface area contributed by atoms with Gasteiger partial charge in [0.05, 0.1) is 11.6 Å². The molecule has 26 heavy (non-hydrogen) atoms. The lowest BCUT2D eigenvalue weighted by Gasteiger charge is -2.33. The minimum Gasteiger partial charge on any atom is -0.354 e. The van der Waals surface area contributed by atoms with Gasteiger partial charge in [-0.3, -0.25) is 0 Å². The number of rotatable bonds is 3. The smallest absolute Gasteiger partial charge is 0.159 e. The van der Waals surface area contributed by atoms with E-state index in [4.69, 9.17) is 5.26 Å². The van der Waals surface area contributed by atoms with Crippen LogP contribution in [0.5, 0.6) is 0 Å². The van der Waals surface area contributed by atoms with E-state index in [-0.39, 0.29) is 0 Å². The molecule has 3 aromatic rings. The van der Waals surface area contributed by atoms with Crippen LogP contribution in [-0.4, -0.2) is 36.4 Å². The Labute approximate surface area is 153 Å². The van der Waals surface area contributed by atoms with E-state index in [0.29, 0.717) is 11.6 Å². The van der Waals surface area contributed by atoms with Crippen LogP contribution in [0.1, 0.15) is 18.4 Å². The Morgan fingerprint density at radius 2 is 1.69 bits per heavy atom. The first kappa shape index (κ1) is 16.5. The second-order valence-electron chi connectivity index (χ2n) is 6.66. The van der Waals surface area contributed by atoms with Crippen molar-refractivity contribution < 1.29 is 0 Å². The van der Waals surface area contributed by atoms with E-state index in [9.17, 15) is 0 Å². The quantitative estimate of drug-likeness (QED) is 0.790. The molecule has 1 N–H and O–H groups in total. The molecule has 0 spiro atoms. The summed E-state index contributed by atoms with van der Waals surface area (Å²) in [6.45, 7) is 1.97. The summed E-state index contributed by atoms with van der Waals surface area (Å²) in [6.07, 6.45) is 2.23. The highest BCUT2D eigenvalue weighted by Crippen LogP contribution is 2.32. The van der Waals surface area contributed by atoms with Crippen molar-refractivity contribution in [3.63, 3.8) is 0 Å². The molecule has 0 atom stereocenters. The number of hydrogen-bond acceptors (Lipinski definition) is 5. The summed E-state index contributed by atoms with van der Waals surface area (Å²) in [7, 11) is 2.03. The summed E-state index contributed by atoms with van der Waals surface area (Å²) in [4.78, 5) is 2.34. The van der Waals surface area contributed by atoms with Crippen LogP contribution in [-0.2, 0) is 0 Å². The SMILES string of the molecule is CNC1CCN(c2nnc(-c3ccc(C#N)cc3)c3ccccc23)CC1. The van der Waals surface area contributed by atoms with Crippen molar-refractivity contribution in [2.75, 3.05) is 25.0 Å². The molecular weight excluding hydrogens is 322 g/mol. The van der Waals surface area contributed by atoms with Crippen LogP contribution in [0, 0.1) is 11.3 Å². The van der Waals surface area contributed by atoms with Crippen molar-refractivity contribution in [3.8, 4) is 17.3 Å². The van der Waals surface area contributed by atoms with E-state index < -0.39 is 0 Å². The molecule has 1 aliphatic rings. The zero-order valence-electron chi connectivity index (χ0n) is 14.8. The molecule has 2 heterocycles. The number of benzene rings is 2. The van der Waals surface area contributed by atoms with Gasteiger partial charge in [-0.2, -0.15) is 5.26 Å². The van der Waals surface area contributed by atoms with Gasteiger partial charge < -0.3 is 10.2 Å². The molecule has 1 fully saturated rings. The fraction of sp³-hybridized carbons (Fsp3) is 0.286. The lowest BCUT2D eigenvalue weighted by molar-refractivity contribution is 0.441. The number of anilines is 1. The molecule has 0 saturated carbocycles. The van der Waals surface area contributed by atoms with Gasteiger partial charge in [0, 0.05) is 35.5 Å². The molecule has 0 amide bonds. The van der Waals surface area contributed by atoms with Gasteiger partial charge in [-0.1, -0.05) is 36.4 Å². The van der Waals surface area contributed by atoms with Crippen LogP contribution < -0.4 is 10.2 Å². The van der Waals surface area contributed by atoms with Crippen LogP contribution >= 0.6 is 0 Å². The van der Waals surface area contributed by atoms with Gasteiger partial charge in [-0.15, -0.1) is 10.2 Å². The van der Waals surface area contributed by atoms with Gasteiger partial charge >= 0.3 is 0 Å².